The number of ether oxygens (including phenoxy) is 1. The number of carbonyl (C=O) groups excluding carboxylic acids is 3. The molecule has 0 spiro atoms. The van der Waals surface area contributed by atoms with Gasteiger partial charge in [0.15, 0.2) is 0 Å². The zero-order valence-corrected chi connectivity index (χ0v) is 15.0. The minimum absolute atomic E-state index is 0.0187. The van der Waals surface area contributed by atoms with Crippen LogP contribution in [-0.4, -0.2) is 33.7 Å². The van der Waals surface area contributed by atoms with Gasteiger partial charge in [0.2, 0.25) is 0 Å². The van der Waals surface area contributed by atoms with E-state index in [9.17, 15) is 18.8 Å². The van der Waals surface area contributed by atoms with E-state index in [0.29, 0.717) is 17.9 Å². The summed E-state index contributed by atoms with van der Waals surface area (Å²) in [5, 5.41) is 0. The van der Waals surface area contributed by atoms with Crippen LogP contribution in [0.1, 0.15) is 25.0 Å². The SMILES string of the molecule is CC(C)N1C(=O)C(=O)N(Cc2ccc(OCc3ccc(F)cc3)cc2)C1=O. The van der Waals surface area contributed by atoms with Crippen molar-refractivity contribution in [2.45, 2.75) is 33.0 Å². The molecule has 7 heteroatoms. The molecule has 1 fully saturated rings. The van der Waals surface area contributed by atoms with Crippen LogP contribution >= 0.6 is 0 Å². The van der Waals surface area contributed by atoms with Crippen LogP contribution in [-0.2, 0) is 22.7 Å². The molecule has 0 atom stereocenters. The summed E-state index contributed by atoms with van der Waals surface area (Å²) in [5.41, 5.74) is 1.53. The molecule has 0 saturated carbocycles. The first-order valence-electron chi connectivity index (χ1n) is 8.52. The van der Waals surface area contributed by atoms with Gasteiger partial charge in [0.05, 0.1) is 6.54 Å². The van der Waals surface area contributed by atoms with E-state index in [0.717, 1.165) is 15.4 Å². The number of urea groups is 1. The second-order valence-electron chi connectivity index (χ2n) is 6.50. The molecule has 2 aromatic carbocycles. The van der Waals surface area contributed by atoms with Crippen LogP contribution in [0.25, 0.3) is 0 Å². The highest BCUT2D eigenvalue weighted by Crippen LogP contribution is 2.20. The molecule has 0 N–H and O–H groups in total. The van der Waals surface area contributed by atoms with Crippen molar-refractivity contribution in [1.29, 1.82) is 0 Å². The number of imide groups is 2. The van der Waals surface area contributed by atoms with Crippen molar-refractivity contribution in [3.05, 3.63) is 65.5 Å². The lowest BCUT2D eigenvalue weighted by Gasteiger charge is -2.18. The fourth-order valence-corrected chi connectivity index (χ4v) is 2.74. The number of halogens is 1. The van der Waals surface area contributed by atoms with Gasteiger partial charge in [0.1, 0.15) is 18.2 Å². The Kier molecular flexibility index (Phi) is 5.21. The van der Waals surface area contributed by atoms with Crippen LogP contribution in [0.15, 0.2) is 48.5 Å². The zero-order valence-electron chi connectivity index (χ0n) is 15.0. The quantitative estimate of drug-likeness (QED) is 0.579. The Morgan fingerprint density at radius 1 is 0.889 bits per heavy atom. The van der Waals surface area contributed by atoms with Gasteiger partial charge in [-0.15, -0.1) is 0 Å². The highest BCUT2D eigenvalue weighted by Gasteiger charge is 2.45. The van der Waals surface area contributed by atoms with E-state index in [1.54, 1.807) is 50.2 Å². The number of benzene rings is 2. The van der Waals surface area contributed by atoms with E-state index < -0.39 is 17.8 Å². The van der Waals surface area contributed by atoms with E-state index >= 15 is 0 Å². The fraction of sp³-hybridized carbons (Fsp3) is 0.250. The highest BCUT2D eigenvalue weighted by molar-refractivity contribution is 6.44. The number of hydrogen-bond donors (Lipinski definition) is 0. The summed E-state index contributed by atoms with van der Waals surface area (Å²) in [6.45, 7) is 3.67. The summed E-state index contributed by atoms with van der Waals surface area (Å²) in [6.07, 6.45) is 0. The first kappa shape index (κ1) is 18.6. The smallest absolute Gasteiger partial charge is 0.334 e. The molecule has 0 aromatic heterocycles. The van der Waals surface area contributed by atoms with E-state index in [1.807, 2.05) is 0 Å². The minimum Gasteiger partial charge on any atom is -0.489 e. The summed E-state index contributed by atoms with van der Waals surface area (Å²) in [4.78, 5) is 38.2. The van der Waals surface area contributed by atoms with Crippen LogP contribution in [0.3, 0.4) is 0 Å². The molecule has 3 rings (SSSR count). The Morgan fingerprint density at radius 3 is 2.04 bits per heavy atom. The molecular formula is C20H19FN2O4. The predicted octanol–water partition coefficient (Wildman–Crippen LogP) is 3.10. The van der Waals surface area contributed by atoms with E-state index in [4.69, 9.17) is 4.74 Å². The molecule has 0 aliphatic carbocycles. The third-order valence-corrected chi connectivity index (χ3v) is 4.18. The summed E-state index contributed by atoms with van der Waals surface area (Å²) >= 11 is 0. The summed E-state index contributed by atoms with van der Waals surface area (Å²) in [5.74, 6) is -1.31. The van der Waals surface area contributed by atoms with Crippen LogP contribution in [0.2, 0.25) is 0 Å². The zero-order chi connectivity index (χ0) is 19.6. The second-order valence-corrected chi connectivity index (χ2v) is 6.50. The van der Waals surface area contributed by atoms with Crippen molar-refractivity contribution in [3.63, 3.8) is 0 Å². The minimum atomic E-state index is -0.815. The van der Waals surface area contributed by atoms with Crippen molar-refractivity contribution < 1.29 is 23.5 Å². The number of carbonyl (C=O) groups is 3. The van der Waals surface area contributed by atoms with Crippen LogP contribution in [0.4, 0.5) is 9.18 Å². The topological polar surface area (TPSA) is 66.9 Å². The van der Waals surface area contributed by atoms with Crippen molar-refractivity contribution in [2.75, 3.05) is 0 Å². The largest absolute Gasteiger partial charge is 0.489 e. The Labute approximate surface area is 156 Å². The van der Waals surface area contributed by atoms with Gasteiger partial charge in [-0.05, 0) is 49.2 Å². The first-order valence-corrected chi connectivity index (χ1v) is 8.52. The molecule has 140 valence electrons. The predicted molar refractivity (Wildman–Crippen MR) is 95.1 cm³/mol. The Balaban J connectivity index is 1.62. The molecular weight excluding hydrogens is 351 g/mol. The number of rotatable bonds is 6. The Morgan fingerprint density at radius 2 is 1.48 bits per heavy atom. The lowest BCUT2D eigenvalue weighted by molar-refractivity contribution is -0.144. The first-order chi connectivity index (χ1) is 12.9. The monoisotopic (exact) mass is 370 g/mol. The van der Waals surface area contributed by atoms with E-state index in [1.165, 1.54) is 12.1 Å². The lowest BCUT2D eigenvalue weighted by atomic mass is 10.2. The molecule has 0 bridgehead atoms. The maximum Gasteiger partial charge on any atom is 0.334 e. The Hall–Kier alpha value is -3.22. The van der Waals surface area contributed by atoms with Crippen LogP contribution in [0, 0.1) is 5.82 Å². The van der Waals surface area contributed by atoms with Crippen molar-refractivity contribution >= 4 is 17.8 Å². The number of nitrogens with zero attached hydrogens (tertiary/aromatic N) is 2. The van der Waals surface area contributed by atoms with Crippen LogP contribution in [0.5, 0.6) is 5.75 Å². The molecule has 1 aliphatic rings. The summed E-state index contributed by atoms with van der Waals surface area (Å²) < 4.78 is 18.5. The van der Waals surface area contributed by atoms with Gasteiger partial charge < -0.3 is 4.74 Å². The van der Waals surface area contributed by atoms with E-state index in [-0.39, 0.29) is 18.4 Å². The molecule has 27 heavy (non-hydrogen) atoms. The maximum absolute atomic E-state index is 12.9. The summed E-state index contributed by atoms with van der Waals surface area (Å²) in [6, 6.07) is 11.9. The molecule has 6 nitrogen and oxygen atoms in total. The number of amides is 4. The van der Waals surface area contributed by atoms with Crippen molar-refractivity contribution in [2.24, 2.45) is 0 Å². The molecule has 1 heterocycles. The molecule has 0 unspecified atom stereocenters. The normalized spacial score (nSPS) is 14.4. The highest BCUT2D eigenvalue weighted by atomic mass is 19.1. The van der Waals surface area contributed by atoms with Crippen molar-refractivity contribution in [1.82, 2.24) is 9.80 Å². The van der Waals surface area contributed by atoms with Gasteiger partial charge in [-0.1, -0.05) is 24.3 Å². The maximum atomic E-state index is 12.9. The third kappa shape index (κ3) is 3.97. The third-order valence-electron chi connectivity index (χ3n) is 4.18. The standard InChI is InChI=1S/C20H19FN2O4/c1-13(2)23-19(25)18(24)22(20(23)26)11-14-5-9-17(10-6-14)27-12-15-3-7-16(21)8-4-15/h3-10,13H,11-12H2,1-2H3. The molecule has 1 aliphatic heterocycles. The average molecular weight is 370 g/mol. The number of hydrogen-bond acceptors (Lipinski definition) is 4. The second kappa shape index (κ2) is 7.57. The Bertz CT molecular complexity index is 863. The lowest BCUT2D eigenvalue weighted by Crippen LogP contribution is -2.37. The molecule has 0 radical (unpaired) electrons. The van der Waals surface area contributed by atoms with Crippen molar-refractivity contribution in [3.8, 4) is 5.75 Å². The van der Waals surface area contributed by atoms with Crippen LogP contribution < -0.4 is 4.74 Å². The summed E-state index contributed by atoms with van der Waals surface area (Å²) in [7, 11) is 0. The average Bonchev–Trinajstić information content (AvgIpc) is 2.86. The molecule has 2 aromatic rings. The molecule has 1 saturated heterocycles. The van der Waals surface area contributed by atoms with Gasteiger partial charge in [-0.25, -0.2) is 9.18 Å². The van der Waals surface area contributed by atoms with Gasteiger partial charge in [0.25, 0.3) is 0 Å². The fourth-order valence-electron chi connectivity index (χ4n) is 2.74. The van der Waals surface area contributed by atoms with Gasteiger partial charge in [0, 0.05) is 6.04 Å². The van der Waals surface area contributed by atoms with Gasteiger partial charge in [-0.2, -0.15) is 0 Å². The molecule has 4 amide bonds. The van der Waals surface area contributed by atoms with Gasteiger partial charge in [-0.3, -0.25) is 19.4 Å². The van der Waals surface area contributed by atoms with E-state index in [2.05, 4.69) is 0 Å². The van der Waals surface area contributed by atoms with Gasteiger partial charge >= 0.3 is 17.8 Å².